The third-order valence-electron chi connectivity index (χ3n) is 3.77. The fraction of sp³-hybridized carbons (Fsp3) is 0.0952. The van der Waals surface area contributed by atoms with Crippen molar-refractivity contribution in [3.63, 3.8) is 0 Å². The van der Waals surface area contributed by atoms with Crippen molar-refractivity contribution in [3.05, 3.63) is 96.1 Å². The number of ketones is 1. The highest BCUT2D eigenvalue weighted by atomic mass is 16.1. The van der Waals surface area contributed by atoms with Gasteiger partial charge in [0, 0.05) is 5.56 Å². The van der Waals surface area contributed by atoms with E-state index in [1.165, 1.54) is 5.56 Å². The van der Waals surface area contributed by atoms with Gasteiger partial charge in [-0.05, 0) is 35.3 Å². The first-order valence-corrected chi connectivity index (χ1v) is 7.57. The maximum Gasteiger partial charge on any atom is 0.186 e. The molecule has 0 heterocycles. The number of carbonyl (C=O) groups is 1. The number of carbonyl (C=O) groups excluding carboxylic acids is 1. The van der Waals surface area contributed by atoms with Crippen molar-refractivity contribution >= 4 is 16.6 Å². The molecule has 22 heavy (non-hydrogen) atoms. The molecule has 0 saturated heterocycles. The molecule has 0 amide bonds. The van der Waals surface area contributed by atoms with Gasteiger partial charge in [-0.25, -0.2) is 0 Å². The fourth-order valence-corrected chi connectivity index (χ4v) is 2.62. The summed E-state index contributed by atoms with van der Waals surface area (Å²) in [6, 6.07) is 24.2. The number of benzene rings is 3. The van der Waals surface area contributed by atoms with Gasteiger partial charge in [-0.15, -0.1) is 0 Å². The van der Waals surface area contributed by atoms with Crippen molar-refractivity contribution in [1.82, 2.24) is 0 Å². The van der Waals surface area contributed by atoms with Crippen molar-refractivity contribution in [2.24, 2.45) is 0 Å². The van der Waals surface area contributed by atoms with Crippen LogP contribution in [-0.4, -0.2) is 5.78 Å². The molecule has 0 aliphatic heterocycles. The van der Waals surface area contributed by atoms with Crippen LogP contribution in [-0.2, 0) is 6.42 Å². The molecule has 0 aliphatic rings. The van der Waals surface area contributed by atoms with Crippen LogP contribution in [0, 0.1) is 0 Å². The van der Waals surface area contributed by atoms with Crippen molar-refractivity contribution in [2.45, 2.75) is 12.8 Å². The summed E-state index contributed by atoms with van der Waals surface area (Å²) in [5, 5.41) is 2.12. The number of hydrogen-bond acceptors (Lipinski definition) is 1. The first-order chi connectivity index (χ1) is 10.8. The first kappa shape index (κ1) is 14.3. The zero-order valence-corrected chi connectivity index (χ0v) is 12.4. The van der Waals surface area contributed by atoms with Crippen molar-refractivity contribution in [3.8, 4) is 0 Å². The lowest BCUT2D eigenvalue weighted by molar-refractivity contribution is 0.104. The van der Waals surface area contributed by atoms with Crippen LogP contribution in [0.1, 0.15) is 22.3 Å². The molecule has 0 unspecified atom stereocenters. The molecule has 0 aromatic heterocycles. The summed E-state index contributed by atoms with van der Waals surface area (Å²) in [4.78, 5) is 12.4. The molecule has 0 N–H and O–H groups in total. The Morgan fingerprint density at radius 1 is 0.818 bits per heavy atom. The fourth-order valence-electron chi connectivity index (χ4n) is 2.62. The predicted molar refractivity (Wildman–Crippen MR) is 92.2 cm³/mol. The highest BCUT2D eigenvalue weighted by Gasteiger charge is 2.05. The zero-order chi connectivity index (χ0) is 15.2. The summed E-state index contributed by atoms with van der Waals surface area (Å²) in [5.41, 5.74) is 2.07. The molecule has 0 fully saturated rings. The second-order valence-corrected chi connectivity index (χ2v) is 5.32. The molecule has 3 aromatic carbocycles. The minimum absolute atomic E-state index is 0.0739. The first-order valence-electron chi connectivity index (χ1n) is 7.57. The minimum Gasteiger partial charge on any atom is -0.289 e. The quantitative estimate of drug-likeness (QED) is 0.464. The van der Waals surface area contributed by atoms with Crippen LogP contribution in [0.3, 0.4) is 0 Å². The Morgan fingerprint density at radius 3 is 2.41 bits per heavy atom. The minimum atomic E-state index is 0.0739. The van der Waals surface area contributed by atoms with Gasteiger partial charge in [-0.1, -0.05) is 78.9 Å². The summed E-state index contributed by atoms with van der Waals surface area (Å²) in [7, 11) is 0. The Morgan fingerprint density at radius 2 is 1.55 bits per heavy atom. The maximum atomic E-state index is 12.4. The molecule has 0 bridgehead atoms. The van der Waals surface area contributed by atoms with E-state index in [9.17, 15) is 4.79 Å². The summed E-state index contributed by atoms with van der Waals surface area (Å²) >= 11 is 0. The number of hydrogen-bond donors (Lipinski definition) is 0. The van der Waals surface area contributed by atoms with E-state index in [0.29, 0.717) is 0 Å². The van der Waals surface area contributed by atoms with E-state index < -0.39 is 0 Å². The van der Waals surface area contributed by atoms with Gasteiger partial charge in [0.2, 0.25) is 0 Å². The normalized spacial score (nSPS) is 11.1. The Bertz CT molecular complexity index is 795. The lowest BCUT2D eigenvalue weighted by atomic mass is 10.0. The van der Waals surface area contributed by atoms with Crippen LogP contribution in [0.25, 0.3) is 10.8 Å². The second kappa shape index (κ2) is 6.86. The smallest absolute Gasteiger partial charge is 0.186 e. The largest absolute Gasteiger partial charge is 0.289 e. The lowest BCUT2D eigenvalue weighted by Crippen LogP contribution is -1.95. The molecule has 0 spiro atoms. The summed E-state index contributed by atoms with van der Waals surface area (Å²) in [6.45, 7) is 0. The Kier molecular flexibility index (Phi) is 4.45. The average molecular weight is 286 g/mol. The maximum absolute atomic E-state index is 12.4. The molecule has 0 radical (unpaired) electrons. The molecule has 3 rings (SSSR count). The van der Waals surface area contributed by atoms with Gasteiger partial charge in [-0.3, -0.25) is 4.79 Å². The van der Waals surface area contributed by atoms with Crippen LogP contribution >= 0.6 is 0 Å². The van der Waals surface area contributed by atoms with E-state index in [2.05, 4.69) is 12.1 Å². The van der Waals surface area contributed by atoms with Crippen LogP contribution < -0.4 is 0 Å². The Hall–Kier alpha value is -2.67. The molecule has 1 heteroatoms. The van der Waals surface area contributed by atoms with E-state index in [0.717, 1.165) is 29.2 Å². The van der Waals surface area contributed by atoms with Crippen LogP contribution in [0.2, 0.25) is 0 Å². The molecular formula is C21H18O. The highest BCUT2D eigenvalue weighted by molar-refractivity contribution is 6.13. The van der Waals surface area contributed by atoms with Crippen molar-refractivity contribution < 1.29 is 4.79 Å². The number of rotatable bonds is 5. The van der Waals surface area contributed by atoms with Gasteiger partial charge < -0.3 is 0 Å². The Labute approximate surface area is 130 Å². The summed E-state index contributed by atoms with van der Waals surface area (Å²) in [6.07, 6.45) is 5.50. The second-order valence-electron chi connectivity index (χ2n) is 5.32. The van der Waals surface area contributed by atoms with Crippen LogP contribution in [0.4, 0.5) is 0 Å². The molecule has 1 nitrogen and oxygen atoms in total. The van der Waals surface area contributed by atoms with Gasteiger partial charge in [0.1, 0.15) is 0 Å². The zero-order valence-electron chi connectivity index (χ0n) is 12.4. The monoisotopic (exact) mass is 286 g/mol. The number of fused-ring (bicyclic) bond motifs is 1. The molecule has 0 aliphatic carbocycles. The van der Waals surface area contributed by atoms with Gasteiger partial charge in [-0.2, -0.15) is 0 Å². The number of aryl methyl sites for hydroxylation is 1. The van der Waals surface area contributed by atoms with Gasteiger partial charge in [0.25, 0.3) is 0 Å². The Balaban J connectivity index is 1.70. The van der Waals surface area contributed by atoms with E-state index in [4.69, 9.17) is 0 Å². The molecule has 0 saturated carbocycles. The van der Waals surface area contributed by atoms with Crippen molar-refractivity contribution in [1.29, 1.82) is 0 Å². The molecule has 0 atom stereocenters. The lowest BCUT2D eigenvalue weighted by Gasteiger charge is -2.03. The third-order valence-corrected chi connectivity index (χ3v) is 3.77. The molecule has 108 valence electrons. The van der Waals surface area contributed by atoms with Gasteiger partial charge in [0.05, 0.1) is 0 Å². The van der Waals surface area contributed by atoms with E-state index >= 15 is 0 Å². The van der Waals surface area contributed by atoms with Gasteiger partial charge in [0.15, 0.2) is 5.78 Å². The summed E-state index contributed by atoms with van der Waals surface area (Å²) < 4.78 is 0. The number of allylic oxidation sites excluding steroid dienone is 2. The molecular weight excluding hydrogens is 268 g/mol. The van der Waals surface area contributed by atoms with Crippen molar-refractivity contribution in [2.75, 3.05) is 0 Å². The van der Waals surface area contributed by atoms with Crippen LogP contribution in [0.5, 0.6) is 0 Å². The predicted octanol–water partition coefficient (Wildman–Crippen LogP) is 5.21. The van der Waals surface area contributed by atoms with Crippen LogP contribution in [0.15, 0.2) is 84.9 Å². The third kappa shape index (κ3) is 3.32. The van der Waals surface area contributed by atoms with Gasteiger partial charge >= 0.3 is 0 Å². The van der Waals surface area contributed by atoms with E-state index in [-0.39, 0.29) is 5.78 Å². The topological polar surface area (TPSA) is 17.1 Å². The summed E-state index contributed by atoms with van der Waals surface area (Å²) in [5.74, 6) is 0.0739. The van der Waals surface area contributed by atoms with E-state index in [1.54, 1.807) is 6.08 Å². The standard InChI is InChI=1S/C21H18O/c22-21(16-7-4-11-17-9-2-1-3-10-17)20-15-8-13-18-12-5-6-14-19(18)20/h1-3,5-10,12-16H,4,11H2/b16-7+. The highest BCUT2D eigenvalue weighted by Crippen LogP contribution is 2.19. The molecule has 3 aromatic rings. The average Bonchev–Trinajstić information content (AvgIpc) is 2.59. The van der Waals surface area contributed by atoms with E-state index in [1.807, 2.05) is 66.7 Å². The SMILES string of the molecule is O=C(/C=C/CCc1ccccc1)c1cccc2ccccc12.